The monoisotopic (exact) mass is 463 g/mol. The number of aliphatic hydroxyl groups excluding tert-OH is 2. The Morgan fingerprint density at radius 3 is 2.18 bits per heavy atom. The molecule has 8 nitrogen and oxygen atoms in total. The molecule has 0 aliphatic heterocycles. The summed E-state index contributed by atoms with van der Waals surface area (Å²) in [5.41, 5.74) is 4.43. The number of hydrogen-bond acceptors (Lipinski definition) is 6. The molecule has 0 spiro atoms. The molecule has 176 valence electrons. The highest BCUT2D eigenvalue weighted by Gasteiger charge is 2.29. The highest BCUT2D eigenvalue weighted by molar-refractivity contribution is 5.88. The average molecular weight is 463 g/mol. The van der Waals surface area contributed by atoms with E-state index in [0.717, 1.165) is 22.3 Å². The first-order chi connectivity index (χ1) is 16.4. The van der Waals surface area contributed by atoms with Crippen LogP contribution in [-0.4, -0.2) is 53.7 Å². The van der Waals surface area contributed by atoms with E-state index < -0.39 is 24.3 Å². The fourth-order valence-electron chi connectivity index (χ4n) is 4.25. The summed E-state index contributed by atoms with van der Waals surface area (Å²) in [6, 6.07) is 19.9. The van der Waals surface area contributed by atoms with Gasteiger partial charge in [-0.25, -0.2) is 9.59 Å². The Morgan fingerprint density at radius 1 is 0.971 bits per heavy atom. The van der Waals surface area contributed by atoms with Gasteiger partial charge >= 0.3 is 12.1 Å². The zero-order chi connectivity index (χ0) is 24.2. The van der Waals surface area contributed by atoms with Crippen molar-refractivity contribution in [2.45, 2.75) is 18.1 Å². The first-order valence-corrected chi connectivity index (χ1v) is 10.8. The maximum Gasteiger partial charge on any atom is 0.407 e. The molecule has 3 aromatic rings. The second kappa shape index (κ2) is 9.94. The van der Waals surface area contributed by atoms with Crippen LogP contribution < -0.4 is 10.1 Å². The third-order valence-electron chi connectivity index (χ3n) is 5.96. The topological polar surface area (TPSA) is 125 Å². The van der Waals surface area contributed by atoms with Crippen molar-refractivity contribution >= 4 is 12.1 Å². The van der Waals surface area contributed by atoms with Crippen molar-refractivity contribution in [1.82, 2.24) is 5.32 Å². The summed E-state index contributed by atoms with van der Waals surface area (Å²) in [5.74, 6) is -1.06. The van der Waals surface area contributed by atoms with E-state index in [9.17, 15) is 24.9 Å². The average Bonchev–Trinajstić information content (AvgIpc) is 3.18. The smallest absolute Gasteiger partial charge is 0.407 e. The van der Waals surface area contributed by atoms with E-state index in [1.807, 2.05) is 48.5 Å². The molecular formula is C26H25NO7. The number of benzene rings is 3. The Labute approximate surface area is 196 Å². The highest BCUT2D eigenvalue weighted by Crippen LogP contribution is 2.44. The number of carbonyl (C=O) groups excluding carboxylic acids is 1. The van der Waals surface area contributed by atoms with Crippen molar-refractivity contribution in [2.75, 3.05) is 20.3 Å². The van der Waals surface area contributed by atoms with Crippen LogP contribution in [0.4, 0.5) is 4.79 Å². The van der Waals surface area contributed by atoms with E-state index in [2.05, 4.69) is 5.32 Å². The molecule has 4 rings (SSSR count). The van der Waals surface area contributed by atoms with E-state index >= 15 is 0 Å². The van der Waals surface area contributed by atoms with Crippen molar-refractivity contribution in [1.29, 1.82) is 0 Å². The van der Waals surface area contributed by atoms with Crippen LogP contribution in [-0.2, 0) is 4.74 Å². The van der Waals surface area contributed by atoms with Crippen molar-refractivity contribution < 1.29 is 34.4 Å². The van der Waals surface area contributed by atoms with Gasteiger partial charge in [-0.3, -0.25) is 0 Å². The molecule has 34 heavy (non-hydrogen) atoms. The molecule has 0 bridgehead atoms. The summed E-state index contributed by atoms with van der Waals surface area (Å²) in [7, 11) is 1.37. The van der Waals surface area contributed by atoms with E-state index in [0.29, 0.717) is 0 Å². The van der Waals surface area contributed by atoms with E-state index in [1.54, 1.807) is 0 Å². The van der Waals surface area contributed by atoms with Crippen LogP contribution in [0.3, 0.4) is 0 Å². The normalized spacial score (nSPS) is 14.0. The van der Waals surface area contributed by atoms with E-state index in [-0.39, 0.29) is 35.9 Å². The highest BCUT2D eigenvalue weighted by atomic mass is 16.5. The molecule has 0 fully saturated rings. The van der Waals surface area contributed by atoms with Crippen LogP contribution in [0.5, 0.6) is 5.75 Å². The van der Waals surface area contributed by atoms with Gasteiger partial charge in [0, 0.05) is 18.0 Å². The third kappa shape index (κ3) is 4.59. The Kier molecular flexibility index (Phi) is 6.81. The summed E-state index contributed by atoms with van der Waals surface area (Å²) >= 11 is 0. The molecule has 0 saturated carbocycles. The van der Waals surface area contributed by atoms with Crippen LogP contribution in [0, 0.1) is 0 Å². The molecule has 0 saturated heterocycles. The lowest BCUT2D eigenvalue weighted by Gasteiger charge is -2.21. The van der Waals surface area contributed by atoms with Gasteiger partial charge in [0.1, 0.15) is 24.6 Å². The van der Waals surface area contributed by atoms with Gasteiger partial charge in [0.05, 0.1) is 12.7 Å². The standard InChI is InChI=1S/C26H25NO7/c1-33-23-11-10-15(25(30)31)12-20(23)24(29)22(28)13-27-26(32)34-14-21-18-8-4-2-6-16(18)17-7-3-5-9-19(17)21/h2-12,21-22,24,28-29H,13-14H2,1H3,(H,27,32)(H,30,31). The number of fused-ring (bicyclic) bond motifs is 3. The quantitative estimate of drug-likeness (QED) is 0.404. The first-order valence-electron chi connectivity index (χ1n) is 10.8. The molecule has 3 aromatic carbocycles. The Balaban J connectivity index is 1.37. The van der Waals surface area contributed by atoms with Gasteiger partial charge < -0.3 is 30.1 Å². The van der Waals surface area contributed by atoms with Gasteiger partial charge in [0.15, 0.2) is 0 Å². The van der Waals surface area contributed by atoms with Crippen LogP contribution in [0.15, 0.2) is 66.7 Å². The predicted molar refractivity (Wildman–Crippen MR) is 124 cm³/mol. The van der Waals surface area contributed by atoms with Gasteiger partial charge in [-0.05, 0) is 40.5 Å². The molecule has 1 amide bonds. The number of rotatable bonds is 8. The minimum Gasteiger partial charge on any atom is -0.496 e. The predicted octanol–water partition coefficient (Wildman–Crippen LogP) is 3.33. The molecular weight excluding hydrogens is 438 g/mol. The van der Waals surface area contributed by atoms with E-state index in [4.69, 9.17) is 9.47 Å². The van der Waals surface area contributed by atoms with Gasteiger partial charge in [0.25, 0.3) is 0 Å². The Bertz CT molecular complexity index is 1160. The fraction of sp³-hybridized carbons (Fsp3) is 0.231. The summed E-state index contributed by atoms with van der Waals surface area (Å²) in [6.45, 7) is -0.189. The van der Waals surface area contributed by atoms with Crippen LogP contribution in [0.2, 0.25) is 0 Å². The molecule has 4 N–H and O–H groups in total. The van der Waals surface area contributed by atoms with Crippen LogP contribution >= 0.6 is 0 Å². The van der Waals surface area contributed by atoms with Gasteiger partial charge in [-0.2, -0.15) is 0 Å². The zero-order valence-corrected chi connectivity index (χ0v) is 18.5. The third-order valence-corrected chi connectivity index (χ3v) is 5.96. The number of aromatic carboxylic acids is 1. The number of methoxy groups -OCH3 is 1. The summed E-state index contributed by atoms with van der Waals surface area (Å²) in [4.78, 5) is 23.6. The molecule has 2 atom stereocenters. The molecule has 0 radical (unpaired) electrons. The number of carbonyl (C=O) groups is 2. The number of hydrogen-bond donors (Lipinski definition) is 4. The molecule has 8 heteroatoms. The maximum atomic E-state index is 12.3. The second-order valence-electron chi connectivity index (χ2n) is 7.98. The first kappa shape index (κ1) is 23.3. The minimum absolute atomic E-state index is 0.0634. The zero-order valence-electron chi connectivity index (χ0n) is 18.5. The molecule has 1 aliphatic rings. The van der Waals surface area contributed by atoms with Crippen LogP contribution in [0.1, 0.15) is 39.1 Å². The largest absolute Gasteiger partial charge is 0.496 e. The van der Waals surface area contributed by atoms with E-state index in [1.165, 1.54) is 25.3 Å². The fourth-order valence-corrected chi connectivity index (χ4v) is 4.25. The number of nitrogens with one attached hydrogen (secondary N) is 1. The van der Waals surface area contributed by atoms with Crippen molar-refractivity contribution in [3.05, 3.63) is 89.0 Å². The lowest BCUT2D eigenvalue weighted by molar-refractivity contribution is 0.0172. The summed E-state index contributed by atoms with van der Waals surface area (Å²) in [5, 5.41) is 32.5. The number of amides is 1. The Morgan fingerprint density at radius 2 is 1.59 bits per heavy atom. The summed E-state index contributed by atoms with van der Waals surface area (Å²) in [6.07, 6.45) is -3.64. The van der Waals surface area contributed by atoms with Crippen molar-refractivity contribution in [2.24, 2.45) is 0 Å². The second-order valence-corrected chi connectivity index (χ2v) is 7.98. The number of ether oxygens (including phenoxy) is 2. The molecule has 1 aliphatic carbocycles. The number of alkyl carbamates (subject to hydrolysis) is 1. The number of carboxylic acids is 1. The van der Waals surface area contributed by atoms with Crippen molar-refractivity contribution in [3.63, 3.8) is 0 Å². The number of aliphatic hydroxyl groups is 2. The van der Waals surface area contributed by atoms with Gasteiger partial charge in [-0.1, -0.05) is 48.5 Å². The minimum atomic E-state index is -1.48. The molecule has 2 unspecified atom stereocenters. The molecule has 0 heterocycles. The SMILES string of the molecule is COc1ccc(C(=O)O)cc1C(O)C(O)CNC(=O)OCC1c2ccccc2-c2ccccc21. The lowest BCUT2D eigenvalue weighted by Crippen LogP contribution is -2.36. The molecule has 0 aromatic heterocycles. The summed E-state index contributed by atoms with van der Waals surface area (Å²) < 4.78 is 10.6. The van der Waals surface area contributed by atoms with Crippen LogP contribution in [0.25, 0.3) is 11.1 Å². The Hall–Kier alpha value is -3.88. The van der Waals surface area contributed by atoms with Crippen molar-refractivity contribution in [3.8, 4) is 16.9 Å². The maximum absolute atomic E-state index is 12.3. The van der Waals surface area contributed by atoms with Gasteiger partial charge in [0.2, 0.25) is 0 Å². The number of carboxylic acid groups (broad SMARTS) is 1. The lowest BCUT2D eigenvalue weighted by atomic mass is 9.98. The van der Waals surface area contributed by atoms with Gasteiger partial charge in [-0.15, -0.1) is 0 Å².